The summed E-state index contributed by atoms with van der Waals surface area (Å²) < 4.78 is 70.7. The average Bonchev–Trinajstić information content (AvgIpc) is 3.06. The number of alkyl halides is 3. The summed E-state index contributed by atoms with van der Waals surface area (Å²) in [5.74, 6) is -0.187. The first kappa shape index (κ1) is 19.9. The maximum absolute atomic E-state index is 12.8. The summed E-state index contributed by atoms with van der Waals surface area (Å²) in [7, 11) is -3.78. The maximum atomic E-state index is 12.8. The van der Waals surface area contributed by atoms with E-state index in [0.29, 0.717) is 17.0 Å². The van der Waals surface area contributed by atoms with E-state index in [0.717, 1.165) is 18.3 Å². The minimum Gasteiger partial charge on any atom is -0.473 e. The lowest BCUT2D eigenvalue weighted by Gasteiger charge is -2.18. The van der Waals surface area contributed by atoms with Crippen LogP contribution in [0.4, 0.5) is 13.2 Å². The summed E-state index contributed by atoms with van der Waals surface area (Å²) in [6.45, 7) is 1.88. The summed E-state index contributed by atoms with van der Waals surface area (Å²) >= 11 is 5.91. The molecule has 1 aromatic heterocycles. The van der Waals surface area contributed by atoms with E-state index >= 15 is 0 Å². The number of aryl methyl sites for hydroxylation is 1. The monoisotopic (exact) mass is 420 g/mol. The number of ether oxygens (including phenoxy) is 1. The number of benzene rings is 1. The van der Waals surface area contributed by atoms with Gasteiger partial charge in [-0.3, -0.25) is 0 Å². The van der Waals surface area contributed by atoms with Gasteiger partial charge in [-0.1, -0.05) is 17.7 Å². The fraction of sp³-hybridized carbons (Fsp3) is 0.353. The highest BCUT2D eigenvalue weighted by Gasteiger charge is 2.35. The highest BCUT2D eigenvalue weighted by atomic mass is 35.5. The first-order valence-electron chi connectivity index (χ1n) is 8.03. The Hall–Kier alpha value is -1.84. The summed E-state index contributed by atoms with van der Waals surface area (Å²) in [4.78, 5) is 3.88. The number of rotatable bonds is 4. The topological polar surface area (TPSA) is 59.5 Å². The fourth-order valence-corrected chi connectivity index (χ4v) is 4.80. The second kappa shape index (κ2) is 7.29. The first-order chi connectivity index (χ1) is 12.6. The van der Waals surface area contributed by atoms with Crippen molar-refractivity contribution < 1.29 is 26.3 Å². The molecule has 1 saturated heterocycles. The zero-order chi connectivity index (χ0) is 19.8. The molecule has 3 rings (SSSR count). The van der Waals surface area contributed by atoms with Crippen molar-refractivity contribution in [3.05, 3.63) is 52.7 Å². The van der Waals surface area contributed by atoms with Crippen LogP contribution in [0.15, 0.2) is 41.4 Å². The van der Waals surface area contributed by atoms with E-state index in [2.05, 4.69) is 4.98 Å². The predicted molar refractivity (Wildman–Crippen MR) is 93.2 cm³/mol. The largest absolute Gasteiger partial charge is 0.473 e. The Balaban J connectivity index is 1.75. The maximum Gasteiger partial charge on any atom is 0.416 e. The van der Waals surface area contributed by atoms with Crippen LogP contribution < -0.4 is 4.74 Å². The third-order valence-electron chi connectivity index (χ3n) is 4.23. The van der Waals surface area contributed by atoms with Crippen LogP contribution in [0.5, 0.6) is 5.88 Å². The highest BCUT2D eigenvalue weighted by molar-refractivity contribution is 7.89. The van der Waals surface area contributed by atoms with Gasteiger partial charge in [-0.2, -0.15) is 17.5 Å². The summed E-state index contributed by atoms with van der Waals surface area (Å²) in [5, 5.41) is 0.305. The molecule has 2 heterocycles. The lowest BCUT2D eigenvalue weighted by molar-refractivity contribution is -0.137. The normalized spacial score (nSPS) is 18.6. The average molecular weight is 421 g/mol. The standard InChI is InChI=1S/C17H16ClF3N2O3S/c1-11-2-3-13(18)9-15(11)27(24,25)23-7-5-14(10-23)26-16-8-12(4-6-22-16)17(19,20)21/h2-4,6,8-9,14H,5,7,10H2,1H3. The van der Waals surface area contributed by atoms with Crippen molar-refractivity contribution in [2.75, 3.05) is 13.1 Å². The summed E-state index contributed by atoms with van der Waals surface area (Å²) in [5.41, 5.74) is -0.312. The number of pyridine rings is 1. The van der Waals surface area contributed by atoms with Gasteiger partial charge in [0.15, 0.2) is 0 Å². The van der Waals surface area contributed by atoms with Gasteiger partial charge < -0.3 is 4.74 Å². The van der Waals surface area contributed by atoms with E-state index in [4.69, 9.17) is 16.3 Å². The number of halogens is 4. The SMILES string of the molecule is Cc1ccc(Cl)cc1S(=O)(=O)N1CCC(Oc2cc(C(F)(F)F)ccn2)C1. The van der Waals surface area contributed by atoms with E-state index < -0.39 is 27.9 Å². The van der Waals surface area contributed by atoms with Gasteiger partial charge >= 0.3 is 6.18 Å². The molecule has 1 fully saturated rings. The summed E-state index contributed by atoms with van der Waals surface area (Å²) in [6, 6.07) is 6.25. The molecule has 1 aromatic carbocycles. The molecule has 2 aromatic rings. The van der Waals surface area contributed by atoms with Gasteiger partial charge in [0.25, 0.3) is 0 Å². The van der Waals surface area contributed by atoms with Crippen molar-refractivity contribution in [3.63, 3.8) is 0 Å². The van der Waals surface area contributed by atoms with Gasteiger partial charge in [0.05, 0.1) is 17.0 Å². The molecule has 10 heteroatoms. The van der Waals surface area contributed by atoms with Gasteiger partial charge in [-0.25, -0.2) is 13.4 Å². The second-order valence-electron chi connectivity index (χ2n) is 6.18. The minimum absolute atomic E-state index is 0.0201. The third kappa shape index (κ3) is 4.36. The van der Waals surface area contributed by atoms with Gasteiger partial charge in [0, 0.05) is 23.8 Å². The molecule has 5 nitrogen and oxygen atoms in total. The Morgan fingerprint density at radius 1 is 1.26 bits per heavy atom. The van der Waals surface area contributed by atoms with E-state index in [1.54, 1.807) is 19.1 Å². The van der Waals surface area contributed by atoms with Crippen molar-refractivity contribution in [2.24, 2.45) is 0 Å². The number of sulfonamides is 1. The Morgan fingerprint density at radius 3 is 2.70 bits per heavy atom. The predicted octanol–water partition coefficient (Wildman–Crippen LogP) is 3.90. The van der Waals surface area contributed by atoms with Crippen LogP contribution in [0.1, 0.15) is 17.5 Å². The van der Waals surface area contributed by atoms with E-state index in [-0.39, 0.29) is 23.9 Å². The van der Waals surface area contributed by atoms with Gasteiger partial charge in [-0.15, -0.1) is 0 Å². The van der Waals surface area contributed by atoms with Gasteiger partial charge in [0.1, 0.15) is 6.10 Å². The minimum atomic E-state index is -4.50. The molecular formula is C17H16ClF3N2O3S. The molecule has 0 amide bonds. The van der Waals surface area contributed by atoms with Crippen LogP contribution in [0.3, 0.4) is 0 Å². The molecule has 0 bridgehead atoms. The molecule has 0 N–H and O–H groups in total. The van der Waals surface area contributed by atoms with E-state index in [1.165, 1.54) is 10.4 Å². The van der Waals surface area contributed by atoms with Crippen LogP contribution >= 0.6 is 11.6 Å². The number of nitrogens with zero attached hydrogens (tertiary/aromatic N) is 2. The molecule has 146 valence electrons. The van der Waals surface area contributed by atoms with Gasteiger partial charge in [0.2, 0.25) is 15.9 Å². The number of hydrogen-bond donors (Lipinski definition) is 0. The smallest absolute Gasteiger partial charge is 0.416 e. The molecule has 1 aliphatic rings. The lowest BCUT2D eigenvalue weighted by atomic mass is 10.2. The zero-order valence-corrected chi connectivity index (χ0v) is 15.8. The molecule has 0 spiro atoms. The molecule has 1 atom stereocenters. The molecule has 0 aliphatic carbocycles. The van der Waals surface area contributed by atoms with Crippen molar-refractivity contribution >= 4 is 21.6 Å². The number of hydrogen-bond acceptors (Lipinski definition) is 4. The third-order valence-corrected chi connectivity index (χ3v) is 6.47. The summed E-state index contributed by atoms with van der Waals surface area (Å²) in [6.07, 6.45) is -3.74. The van der Waals surface area contributed by atoms with Crippen LogP contribution in [-0.2, 0) is 16.2 Å². The van der Waals surface area contributed by atoms with Crippen LogP contribution in [-0.4, -0.2) is 36.9 Å². The van der Waals surface area contributed by atoms with Crippen LogP contribution in [0.2, 0.25) is 5.02 Å². The molecule has 1 aliphatic heterocycles. The Morgan fingerprint density at radius 2 is 2.00 bits per heavy atom. The highest BCUT2D eigenvalue weighted by Crippen LogP contribution is 2.32. The molecule has 0 radical (unpaired) electrons. The lowest BCUT2D eigenvalue weighted by Crippen LogP contribution is -2.31. The second-order valence-corrected chi connectivity index (χ2v) is 8.52. The fourth-order valence-electron chi connectivity index (χ4n) is 2.82. The molecule has 27 heavy (non-hydrogen) atoms. The Labute approximate surface area is 159 Å². The Kier molecular flexibility index (Phi) is 5.38. The van der Waals surface area contributed by atoms with E-state index in [1.807, 2.05) is 0 Å². The number of aromatic nitrogens is 1. The molecular weight excluding hydrogens is 405 g/mol. The van der Waals surface area contributed by atoms with Crippen LogP contribution in [0, 0.1) is 6.92 Å². The van der Waals surface area contributed by atoms with Crippen molar-refractivity contribution in [3.8, 4) is 5.88 Å². The quantitative estimate of drug-likeness (QED) is 0.752. The molecule has 0 saturated carbocycles. The zero-order valence-electron chi connectivity index (χ0n) is 14.2. The molecule has 1 unspecified atom stereocenters. The van der Waals surface area contributed by atoms with E-state index in [9.17, 15) is 21.6 Å². The van der Waals surface area contributed by atoms with Crippen molar-refractivity contribution in [1.82, 2.24) is 9.29 Å². The van der Waals surface area contributed by atoms with Gasteiger partial charge in [-0.05, 0) is 37.1 Å². The van der Waals surface area contributed by atoms with Crippen molar-refractivity contribution in [2.45, 2.75) is 30.5 Å². The van der Waals surface area contributed by atoms with Crippen LogP contribution in [0.25, 0.3) is 0 Å². The Bertz CT molecular complexity index is 951. The first-order valence-corrected chi connectivity index (χ1v) is 9.85. The van der Waals surface area contributed by atoms with Crippen molar-refractivity contribution in [1.29, 1.82) is 0 Å².